The smallest absolute Gasteiger partial charge is 0.303 e. The lowest BCUT2D eigenvalue weighted by Crippen LogP contribution is -2.16. The van der Waals surface area contributed by atoms with E-state index in [1.54, 1.807) is 6.07 Å². The molecule has 1 unspecified atom stereocenters. The van der Waals surface area contributed by atoms with Gasteiger partial charge in [-0.3, -0.25) is 9.59 Å². The van der Waals surface area contributed by atoms with Crippen molar-refractivity contribution in [3.05, 3.63) is 28.7 Å². The Morgan fingerprint density at radius 1 is 1.55 bits per heavy atom. The van der Waals surface area contributed by atoms with E-state index in [0.29, 0.717) is 24.4 Å². The van der Waals surface area contributed by atoms with Gasteiger partial charge in [0.2, 0.25) is 5.56 Å². The van der Waals surface area contributed by atoms with Crippen LogP contribution in [0.4, 0.5) is 0 Å². The van der Waals surface area contributed by atoms with Crippen molar-refractivity contribution in [3.63, 3.8) is 0 Å². The van der Waals surface area contributed by atoms with Crippen molar-refractivity contribution >= 4 is 5.97 Å². The minimum absolute atomic E-state index is 0.0586. The molecule has 0 aromatic carbocycles. The SMILES string of the molecule is CCC(CC(=O)O)Cn1nnnc1-c1cc[nH]c(=O)c1. The Morgan fingerprint density at radius 2 is 2.35 bits per heavy atom. The highest BCUT2D eigenvalue weighted by atomic mass is 16.4. The van der Waals surface area contributed by atoms with Crippen LogP contribution in [0.5, 0.6) is 0 Å². The number of hydrogen-bond acceptors (Lipinski definition) is 5. The van der Waals surface area contributed by atoms with Crippen LogP contribution in [0.25, 0.3) is 11.4 Å². The van der Waals surface area contributed by atoms with Crippen LogP contribution in [0.1, 0.15) is 19.8 Å². The van der Waals surface area contributed by atoms with Gasteiger partial charge >= 0.3 is 5.97 Å². The first kappa shape index (κ1) is 13.9. The molecular weight excluding hydrogens is 262 g/mol. The molecule has 0 aliphatic heterocycles. The second kappa shape index (κ2) is 6.09. The van der Waals surface area contributed by atoms with E-state index in [-0.39, 0.29) is 17.9 Å². The molecule has 2 N–H and O–H groups in total. The molecule has 0 aliphatic rings. The molecule has 2 heterocycles. The topological polar surface area (TPSA) is 114 Å². The van der Waals surface area contributed by atoms with E-state index in [9.17, 15) is 9.59 Å². The fourth-order valence-electron chi connectivity index (χ4n) is 1.95. The predicted molar refractivity (Wildman–Crippen MR) is 69.9 cm³/mol. The molecule has 0 aliphatic carbocycles. The number of aromatic nitrogens is 5. The molecule has 8 heteroatoms. The number of nitrogens with one attached hydrogen (secondary N) is 1. The van der Waals surface area contributed by atoms with Crippen LogP contribution in [0.3, 0.4) is 0 Å². The van der Waals surface area contributed by atoms with E-state index in [4.69, 9.17) is 5.11 Å². The van der Waals surface area contributed by atoms with E-state index in [0.717, 1.165) is 0 Å². The van der Waals surface area contributed by atoms with Gasteiger partial charge in [-0.1, -0.05) is 13.3 Å². The van der Waals surface area contributed by atoms with Gasteiger partial charge in [0.1, 0.15) is 0 Å². The van der Waals surface area contributed by atoms with Crippen molar-refractivity contribution in [1.29, 1.82) is 0 Å². The van der Waals surface area contributed by atoms with Gasteiger partial charge in [0.15, 0.2) is 5.82 Å². The number of nitrogens with zero attached hydrogens (tertiary/aromatic N) is 4. The molecule has 0 amide bonds. The fourth-order valence-corrected chi connectivity index (χ4v) is 1.95. The maximum absolute atomic E-state index is 11.3. The zero-order valence-electron chi connectivity index (χ0n) is 11.0. The lowest BCUT2D eigenvalue weighted by Gasteiger charge is -2.12. The van der Waals surface area contributed by atoms with E-state index in [1.165, 1.54) is 16.9 Å². The number of hydrogen-bond donors (Lipinski definition) is 2. The van der Waals surface area contributed by atoms with E-state index >= 15 is 0 Å². The number of aliphatic carboxylic acids is 1. The van der Waals surface area contributed by atoms with E-state index in [1.807, 2.05) is 6.92 Å². The number of carboxylic acids is 1. The van der Waals surface area contributed by atoms with Gasteiger partial charge in [-0.2, -0.15) is 0 Å². The van der Waals surface area contributed by atoms with Gasteiger partial charge in [-0.25, -0.2) is 4.68 Å². The van der Waals surface area contributed by atoms with Crippen LogP contribution in [-0.2, 0) is 11.3 Å². The lowest BCUT2D eigenvalue weighted by atomic mass is 10.0. The van der Waals surface area contributed by atoms with Crippen LogP contribution in [0, 0.1) is 5.92 Å². The number of H-pyrrole nitrogens is 1. The number of carboxylic acid groups (broad SMARTS) is 1. The largest absolute Gasteiger partial charge is 0.481 e. The summed E-state index contributed by atoms with van der Waals surface area (Å²) in [5, 5.41) is 20.2. The lowest BCUT2D eigenvalue weighted by molar-refractivity contribution is -0.138. The van der Waals surface area contributed by atoms with Crippen molar-refractivity contribution in [1.82, 2.24) is 25.2 Å². The number of aromatic amines is 1. The first-order valence-corrected chi connectivity index (χ1v) is 6.27. The molecule has 8 nitrogen and oxygen atoms in total. The molecule has 0 radical (unpaired) electrons. The number of rotatable bonds is 6. The molecule has 1 atom stereocenters. The number of carbonyl (C=O) groups is 1. The zero-order valence-corrected chi connectivity index (χ0v) is 11.0. The third-order valence-electron chi connectivity index (χ3n) is 3.04. The summed E-state index contributed by atoms with van der Waals surface area (Å²) < 4.78 is 1.53. The molecule has 0 bridgehead atoms. The third kappa shape index (κ3) is 3.28. The number of pyridine rings is 1. The van der Waals surface area contributed by atoms with Crippen molar-refractivity contribution in [2.75, 3.05) is 0 Å². The summed E-state index contributed by atoms with van der Waals surface area (Å²) in [5.74, 6) is -0.445. The van der Waals surface area contributed by atoms with E-state index < -0.39 is 5.97 Å². The zero-order chi connectivity index (χ0) is 14.5. The maximum Gasteiger partial charge on any atom is 0.303 e. The Balaban J connectivity index is 2.24. The summed E-state index contributed by atoms with van der Waals surface area (Å²) in [6.45, 7) is 2.32. The monoisotopic (exact) mass is 277 g/mol. The average Bonchev–Trinajstić information content (AvgIpc) is 2.85. The number of tetrazole rings is 1. The Kier molecular flexibility index (Phi) is 4.24. The molecule has 106 valence electrons. The Bertz CT molecular complexity index is 648. The standard InChI is InChI=1S/C12H15N5O3/c1-2-8(5-11(19)20)7-17-12(14-15-16-17)9-3-4-13-10(18)6-9/h3-4,6,8H,2,5,7H2,1H3,(H,13,18)(H,19,20). The molecule has 0 spiro atoms. The van der Waals surface area contributed by atoms with Gasteiger partial charge in [-0.05, 0) is 22.4 Å². The second-order valence-corrected chi connectivity index (χ2v) is 4.50. The molecule has 2 aromatic heterocycles. The maximum atomic E-state index is 11.3. The highest BCUT2D eigenvalue weighted by Crippen LogP contribution is 2.17. The Labute approximate surface area is 114 Å². The van der Waals surface area contributed by atoms with Gasteiger partial charge in [-0.15, -0.1) is 5.10 Å². The first-order chi connectivity index (χ1) is 9.60. The first-order valence-electron chi connectivity index (χ1n) is 6.27. The van der Waals surface area contributed by atoms with Crippen molar-refractivity contribution in [3.8, 4) is 11.4 Å². The van der Waals surface area contributed by atoms with Gasteiger partial charge in [0.25, 0.3) is 0 Å². The summed E-state index contributed by atoms with van der Waals surface area (Å²) in [4.78, 5) is 24.6. The fraction of sp³-hybridized carbons (Fsp3) is 0.417. The molecule has 0 fully saturated rings. The highest BCUT2D eigenvalue weighted by Gasteiger charge is 2.16. The minimum Gasteiger partial charge on any atom is -0.481 e. The van der Waals surface area contributed by atoms with Gasteiger partial charge in [0, 0.05) is 30.8 Å². The van der Waals surface area contributed by atoms with Crippen molar-refractivity contribution in [2.45, 2.75) is 26.3 Å². The van der Waals surface area contributed by atoms with Crippen molar-refractivity contribution < 1.29 is 9.90 Å². The second-order valence-electron chi connectivity index (χ2n) is 4.50. The minimum atomic E-state index is -0.845. The summed E-state index contributed by atoms with van der Waals surface area (Å²) >= 11 is 0. The van der Waals surface area contributed by atoms with Crippen LogP contribution < -0.4 is 5.56 Å². The van der Waals surface area contributed by atoms with Crippen LogP contribution in [-0.4, -0.2) is 36.3 Å². The average molecular weight is 277 g/mol. The molecule has 20 heavy (non-hydrogen) atoms. The highest BCUT2D eigenvalue weighted by molar-refractivity contribution is 5.67. The molecule has 2 rings (SSSR count). The van der Waals surface area contributed by atoms with Gasteiger partial charge in [0.05, 0.1) is 0 Å². The van der Waals surface area contributed by atoms with Crippen LogP contribution in [0.15, 0.2) is 23.1 Å². The molecule has 0 saturated heterocycles. The summed E-state index contributed by atoms with van der Waals surface area (Å²) in [6.07, 6.45) is 2.29. The predicted octanol–water partition coefficient (Wildman–Crippen LogP) is 0.529. The summed E-state index contributed by atoms with van der Waals surface area (Å²) in [7, 11) is 0. The van der Waals surface area contributed by atoms with Gasteiger partial charge < -0.3 is 10.1 Å². The molecule has 2 aromatic rings. The molecular formula is C12H15N5O3. The van der Waals surface area contributed by atoms with E-state index in [2.05, 4.69) is 20.5 Å². The Hall–Kier alpha value is -2.51. The van der Waals surface area contributed by atoms with Crippen LogP contribution in [0.2, 0.25) is 0 Å². The Morgan fingerprint density at radius 3 is 3.00 bits per heavy atom. The molecule has 0 saturated carbocycles. The van der Waals surface area contributed by atoms with Crippen LogP contribution >= 0.6 is 0 Å². The quantitative estimate of drug-likeness (QED) is 0.796. The normalized spacial score (nSPS) is 12.2. The summed E-state index contributed by atoms with van der Waals surface area (Å²) in [6, 6.07) is 3.10. The van der Waals surface area contributed by atoms with Crippen molar-refractivity contribution in [2.24, 2.45) is 5.92 Å². The summed E-state index contributed by atoms with van der Waals surface area (Å²) in [5.41, 5.74) is 0.360. The third-order valence-corrected chi connectivity index (χ3v) is 3.04.